The van der Waals surface area contributed by atoms with E-state index in [-0.39, 0.29) is 28.5 Å². The number of hydrogen-bond acceptors (Lipinski definition) is 7. The van der Waals surface area contributed by atoms with E-state index in [1.165, 1.54) is 36.2 Å². The molecule has 1 aliphatic rings. The zero-order valence-corrected chi connectivity index (χ0v) is 19.1. The zero-order valence-electron chi connectivity index (χ0n) is 17.4. The molecule has 0 saturated carbocycles. The van der Waals surface area contributed by atoms with Gasteiger partial charge in [0, 0.05) is 19.6 Å². The Morgan fingerprint density at radius 1 is 1.12 bits per heavy atom. The molecule has 2 aromatic carbocycles. The summed E-state index contributed by atoms with van der Waals surface area (Å²) < 4.78 is 55.8. The van der Waals surface area contributed by atoms with Crippen LogP contribution in [0.4, 0.5) is 0 Å². The monoisotopic (exact) mass is 480 g/mol. The van der Waals surface area contributed by atoms with Crippen molar-refractivity contribution in [3.8, 4) is 0 Å². The number of nitrogens with one attached hydrogen (secondary N) is 1. The molecule has 1 fully saturated rings. The predicted molar refractivity (Wildman–Crippen MR) is 117 cm³/mol. The number of sulfone groups is 1. The van der Waals surface area contributed by atoms with Crippen molar-refractivity contribution in [1.29, 1.82) is 0 Å². The molecule has 1 saturated heterocycles. The first-order valence-electron chi connectivity index (χ1n) is 9.84. The summed E-state index contributed by atoms with van der Waals surface area (Å²) in [5.74, 6) is -1.48. The molecule has 0 aromatic heterocycles. The molecule has 0 spiro atoms. The quantitative estimate of drug-likeness (QED) is 0.558. The van der Waals surface area contributed by atoms with Gasteiger partial charge in [-0.3, -0.25) is 4.79 Å². The third kappa shape index (κ3) is 6.15. The van der Waals surface area contributed by atoms with Crippen molar-refractivity contribution in [3.05, 3.63) is 65.7 Å². The molecular formula is C21H24N2O7S2. The van der Waals surface area contributed by atoms with E-state index in [0.717, 1.165) is 5.56 Å². The molecule has 1 heterocycles. The predicted octanol–water partition coefficient (Wildman–Crippen LogP) is 0.967. The standard InChI is InChI=1S/C21H24N2O7S2/c1-23(18-10-11-31(26,27)15-18)20(24)14-30-21(25)17-8-5-9-19(12-17)32(28,29)22-13-16-6-3-2-4-7-16/h2-9,12,18,22H,10-11,13-15H2,1H3. The largest absolute Gasteiger partial charge is 0.452 e. The number of amides is 1. The van der Waals surface area contributed by atoms with Gasteiger partial charge in [-0.1, -0.05) is 36.4 Å². The third-order valence-electron chi connectivity index (χ3n) is 5.17. The topological polar surface area (TPSA) is 127 Å². The van der Waals surface area contributed by atoms with Crippen LogP contribution in [0.15, 0.2) is 59.5 Å². The summed E-state index contributed by atoms with van der Waals surface area (Å²) in [7, 11) is -5.56. The van der Waals surface area contributed by atoms with E-state index < -0.39 is 44.4 Å². The number of hydrogen-bond donors (Lipinski definition) is 1. The van der Waals surface area contributed by atoms with E-state index in [9.17, 15) is 26.4 Å². The molecule has 2 aromatic rings. The van der Waals surface area contributed by atoms with Crippen LogP contribution in [0.2, 0.25) is 0 Å². The molecule has 1 N–H and O–H groups in total. The number of rotatable bonds is 8. The number of carbonyl (C=O) groups excluding carboxylic acids is 2. The minimum absolute atomic E-state index is 0.0218. The molecule has 1 unspecified atom stereocenters. The summed E-state index contributed by atoms with van der Waals surface area (Å²) in [5, 5.41) is 0. The molecule has 3 rings (SSSR count). The number of nitrogens with zero attached hydrogens (tertiary/aromatic N) is 1. The summed E-state index contributed by atoms with van der Waals surface area (Å²) in [6.07, 6.45) is 0.342. The first-order valence-corrected chi connectivity index (χ1v) is 13.1. The van der Waals surface area contributed by atoms with E-state index in [1.807, 2.05) is 6.07 Å². The van der Waals surface area contributed by atoms with Crippen LogP contribution < -0.4 is 4.72 Å². The fourth-order valence-corrected chi connectivity index (χ4v) is 6.08. The van der Waals surface area contributed by atoms with Crippen molar-refractivity contribution in [2.45, 2.75) is 23.9 Å². The Bertz CT molecular complexity index is 1200. The molecule has 0 aliphatic carbocycles. The minimum Gasteiger partial charge on any atom is -0.452 e. The second-order valence-electron chi connectivity index (χ2n) is 7.48. The Labute approximate surface area is 187 Å². The highest BCUT2D eigenvalue weighted by molar-refractivity contribution is 7.91. The van der Waals surface area contributed by atoms with Gasteiger partial charge in [0.05, 0.1) is 22.0 Å². The summed E-state index contributed by atoms with van der Waals surface area (Å²) in [6, 6.07) is 13.9. The summed E-state index contributed by atoms with van der Waals surface area (Å²) in [5.41, 5.74) is 0.760. The molecule has 11 heteroatoms. The van der Waals surface area contributed by atoms with Gasteiger partial charge >= 0.3 is 5.97 Å². The lowest BCUT2D eigenvalue weighted by molar-refractivity contribution is -0.134. The number of likely N-dealkylation sites (N-methyl/N-ethyl adjacent to an activating group) is 1. The summed E-state index contributed by atoms with van der Waals surface area (Å²) >= 11 is 0. The lowest BCUT2D eigenvalue weighted by Crippen LogP contribution is -2.40. The molecular weight excluding hydrogens is 456 g/mol. The third-order valence-corrected chi connectivity index (χ3v) is 8.31. The Kier molecular flexibility index (Phi) is 7.32. The first-order chi connectivity index (χ1) is 15.1. The maximum absolute atomic E-state index is 12.6. The van der Waals surface area contributed by atoms with Crippen molar-refractivity contribution in [2.75, 3.05) is 25.2 Å². The van der Waals surface area contributed by atoms with Gasteiger partial charge in [0.25, 0.3) is 5.91 Å². The SMILES string of the molecule is CN(C(=O)COC(=O)c1cccc(S(=O)(=O)NCc2ccccc2)c1)C1CCS(=O)(=O)C1. The van der Waals surface area contributed by atoms with Crippen LogP contribution in [0.5, 0.6) is 0 Å². The lowest BCUT2D eigenvalue weighted by Gasteiger charge is -2.23. The van der Waals surface area contributed by atoms with Gasteiger partial charge in [-0.05, 0) is 30.2 Å². The van der Waals surface area contributed by atoms with Gasteiger partial charge in [-0.15, -0.1) is 0 Å². The fraction of sp³-hybridized carbons (Fsp3) is 0.333. The van der Waals surface area contributed by atoms with Crippen molar-refractivity contribution >= 4 is 31.7 Å². The average Bonchev–Trinajstić information content (AvgIpc) is 3.15. The molecule has 1 atom stereocenters. The Morgan fingerprint density at radius 2 is 1.84 bits per heavy atom. The highest BCUT2D eigenvalue weighted by atomic mass is 32.2. The van der Waals surface area contributed by atoms with Crippen LogP contribution in [-0.2, 0) is 35.9 Å². The van der Waals surface area contributed by atoms with Crippen LogP contribution in [0.25, 0.3) is 0 Å². The molecule has 1 aliphatic heterocycles. The van der Waals surface area contributed by atoms with Crippen molar-refractivity contribution in [1.82, 2.24) is 9.62 Å². The van der Waals surface area contributed by atoms with E-state index in [1.54, 1.807) is 24.3 Å². The van der Waals surface area contributed by atoms with Gasteiger partial charge in [-0.25, -0.2) is 26.4 Å². The highest BCUT2D eigenvalue weighted by Gasteiger charge is 2.33. The van der Waals surface area contributed by atoms with Gasteiger partial charge in [0.2, 0.25) is 10.0 Å². The smallest absolute Gasteiger partial charge is 0.338 e. The second kappa shape index (κ2) is 9.80. The van der Waals surface area contributed by atoms with Gasteiger partial charge in [0.1, 0.15) is 0 Å². The lowest BCUT2D eigenvalue weighted by atomic mass is 10.2. The normalized spacial score (nSPS) is 17.6. The molecule has 32 heavy (non-hydrogen) atoms. The molecule has 0 radical (unpaired) electrons. The van der Waals surface area contributed by atoms with Crippen LogP contribution in [0.3, 0.4) is 0 Å². The molecule has 172 valence electrons. The number of ether oxygens (including phenoxy) is 1. The maximum atomic E-state index is 12.6. The van der Waals surface area contributed by atoms with Crippen molar-refractivity contribution < 1.29 is 31.2 Å². The van der Waals surface area contributed by atoms with Crippen molar-refractivity contribution in [3.63, 3.8) is 0 Å². The van der Waals surface area contributed by atoms with E-state index in [2.05, 4.69) is 4.72 Å². The number of benzene rings is 2. The number of carbonyl (C=O) groups is 2. The fourth-order valence-electron chi connectivity index (χ4n) is 3.24. The van der Waals surface area contributed by atoms with Gasteiger partial charge in [0.15, 0.2) is 16.4 Å². The molecule has 1 amide bonds. The van der Waals surface area contributed by atoms with Crippen LogP contribution in [0, 0.1) is 0 Å². The number of esters is 1. The summed E-state index contributed by atoms with van der Waals surface area (Å²) in [4.78, 5) is 25.8. The Morgan fingerprint density at radius 3 is 2.50 bits per heavy atom. The highest BCUT2D eigenvalue weighted by Crippen LogP contribution is 2.17. The average molecular weight is 481 g/mol. The van der Waals surface area contributed by atoms with E-state index in [0.29, 0.717) is 6.42 Å². The van der Waals surface area contributed by atoms with Gasteiger partial charge in [-0.2, -0.15) is 0 Å². The first kappa shape index (κ1) is 23.9. The van der Waals surface area contributed by atoms with E-state index >= 15 is 0 Å². The van der Waals surface area contributed by atoms with Crippen LogP contribution in [-0.4, -0.2) is 64.8 Å². The van der Waals surface area contributed by atoms with Crippen LogP contribution in [0.1, 0.15) is 22.3 Å². The van der Waals surface area contributed by atoms with E-state index in [4.69, 9.17) is 4.74 Å². The zero-order chi connectivity index (χ0) is 23.4. The molecule has 9 nitrogen and oxygen atoms in total. The van der Waals surface area contributed by atoms with Crippen LogP contribution >= 0.6 is 0 Å². The molecule has 0 bridgehead atoms. The Hall–Kier alpha value is -2.76. The maximum Gasteiger partial charge on any atom is 0.338 e. The van der Waals surface area contributed by atoms with Gasteiger partial charge < -0.3 is 9.64 Å². The summed E-state index contributed by atoms with van der Waals surface area (Å²) in [6.45, 7) is -0.481. The number of sulfonamides is 1. The van der Waals surface area contributed by atoms with Crippen molar-refractivity contribution in [2.24, 2.45) is 0 Å². The minimum atomic E-state index is -3.87. The Balaban J connectivity index is 1.59. The second-order valence-corrected chi connectivity index (χ2v) is 11.5.